The van der Waals surface area contributed by atoms with E-state index in [4.69, 9.17) is 5.11 Å². The lowest BCUT2D eigenvalue weighted by molar-refractivity contribution is 0.274. The Hall–Kier alpha value is -0.860. The number of nitrogens with one attached hydrogen (secondary N) is 1. The van der Waals surface area contributed by atoms with Crippen molar-refractivity contribution in [1.29, 1.82) is 0 Å². The highest BCUT2D eigenvalue weighted by atomic mass is 16.3. The molecule has 1 aromatic carbocycles. The second kappa shape index (κ2) is 5.73. The Morgan fingerprint density at radius 2 is 2.00 bits per heavy atom. The van der Waals surface area contributed by atoms with Gasteiger partial charge in [-0.05, 0) is 24.9 Å². The van der Waals surface area contributed by atoms with Crippen LogP contribution in [0.4, 0.5) is 0 Å². The third-order valence-corrected chi connectivity index (χ3v) is 2.20. The molecule has 0 fully saturated rings. The molecule has 1 atom stereocenters. The maximum absolute atomic E-state index is 8.90. The average Bonchev–Trinajstić information content (AvgIpc) is 2.19. The normalized spacial score (nSPS) is 12.8. The first-order valence-electron chi connectivity index (χ1n) is 4.69. The first kappa shape index (κ1) is 10.2. The molecule has 0 heterocycles. The fraction of sp³-hybridized carbons (Fsp3) is 0.455. The number of benzene rings is 1. The van der Waals surface area contributed by atoms with Crippen molar-refractivity contribution in [3.05, 3.63) is 35.9 Å². The molecule has 2 N–H and O–H groups in total. The monoisotopic (exact) mass is 179 g/mol. The van der Waals surface area contributed by atoms with Gasteiger partial charge in [0.15, 0.2) is 0 Å². The van der Waals surface area contributed by atoms with Gasteiger partial charge >= 0.3 is 0 Å². The second-order valence-electron chi connectivity index (χ2n) is 3.18. The molecule has 0 saturated heterocycles. The molecule has 0 amide bonds. The number of aliphatic hydroxyl groups excluding tert-OH is 1. The van der Waals surface area contributed by atoms with Crippen LogP contribution in [0.1, 0.15) is 17.9 Å². The lowest BCUT2D eigenvalue weighted by Gasteiger charge is -2.15. The van der Waals surface area contributed by atoms with Gasteiger partial charge in [-0.25, -0.2) is 0 Å². The average molecular weight is 179 g/mol. The van der Waals surface area contributed by atoms with Crippen molar-refractivity contribution in [2.75, 3.05) is 20.2 Å². The predicted octanol–water partition coefficient (Wildman–Crippen LogP) is 1.37. The van der Waals surface area contributed by atoms with Gasteiger partial charge in [0.1, 0.15) is 0 Å². The Morgan fingerprint density at radius 3 is 2.54 bits per heavy atom. The molecule has 0 saturated carbocycles. The summed E-state index contributed by atoms with van der Waals surface area (Å²) in [6.45, 7) is 1.17. The lowest BCUT2D eigenvalue weighted by atomic mass is 9.96. The first-order valence-corrected chi connectivity index (χ1v) is 4.69. The Kier molecular flexibility index (Phi) is 4.50. The van der Waals surface area contributed by atoms with Crippen molar-refractivity contribution in [1.82, 2.24) is 5.32 Å². The zero-order chi connectivity index (χ0) is 9.52. The quantitative estimate of drug-likeness (QED) is 0.715. The summed E-state index contributed by atoms with van der Waals surface area (Å²) in [6, 6.07) is 10.3. The van der Waals surface area contributed by atoms with Crippen LogP contribution in [0.2, 0.25) is 0 Å². The standard InChI is InChI=1S/C11H17NO/c1-12-9-11(7-8-13)10-5-3-2-4-6-10/h2-6,11-13H,7-9H2,1H3/t11-/m0/s1. The van der Waals surface area contributed by atoms with Gasteiger partial charge < -0.3 is 10.4 Å². The number of hydrogen-bond donors (Lipinski definition) is 2. The summed E-state index contributed by atoms with van der Waals surface area (Å²) in [5.41, 5.74) is 1.30. The van der Waals surface area contributed by atoms with Gasteiger partial charge in [-0.15, -0.1) is 0 Å². The van der Waals surface area contributed by atoms with Crippen LogP contribution >= 0.6 is 0 Å². The van der Waals surface area contributed by atoms with Crippen molar-refractivity contribution < 1.29 is 5.11 Å². The van der Waals surface area contributed by atoms with E-state index in [9.17, 15) is 0 Å². The summed E-state index contributed by atoms with van der Waals surface area (Å²) in [5, 5.41) is 12.0. The second-order valence-corrected chi connectivity index (χ2v) is 3.18. The van der Waals surface area contributed by atoms with Crippen LogP contribution in [-0.4, -0.2) is 25.3 Å². The van der Waals surface area contributed by atoms with Gasteiger partial charge in [-0.1, -0.05) is 30.3 Å². The fourth-order valence-corrected chi connectivity index (χ4v) is 1.51. The summed E-state index contributed by atoms with van der Waals surface area (Å²) in [5.74, 6) is 0.427. The van der Waals surface area contributed by atoms with Gasteiger partial charge in [0, 0.05) is 13.2 Å². The van der Waals surface area contributed by atoms with Crippen LogP contribution in [0, 0.1) is 0 Å². The summed E-state index contributed by atoms with van der Waals surface area (Å²) < 4.78 is 0. The molecule has 1 aromatic rings. The highest BCUT2D eigenvalue weighted by Gasteiger charge is 2.08. The lowest BCUT2D eigenvalue weighted by Crippen LogP contribution is -2.18. The molecule has 0 aliphatic rings. The Bertz CT molecular complexity index is 217. The van der Waals surface area contributed by atoms with Gasteiger partial charge in [-0.3, -0.25) is 0 Å². The highest BCUT2D eigenvalue weighted by Crippen LogP contribution is 2.17. The third-order valence-electron chi connectivity index (χ3n) is 2.20. The van der Waals surface area contributed by atoms with E-state index in [0.29, 0.717) is 5.92 Å². The van der Waals surface area contributed by atoms with E-state index in [-0.39, 0.29) is 6.61 Å². The molecule has 0 aliphatic heterocycles. The minimum atomic E-state index is 0.251. The van der Waals surface area contributed by atoms with E-state index < -0.39 is 0 Å². The van der Waals surface area contributed by atoms with Crippen LogP contribution in [0.25, 0.3) is 0 Å². The van der Waals surface area contributed by atoms with Crippen LogP contribution in [0.3, 0.4) is 0 Å². The third kappa shape index (κ3) is 3.17. The molecule has 1 rings (SSSR count). The molecule has 2 nitrogen and oxygen atoms in total. The Morgan fingerprint density at radius 1 is 1.31 bits per heavy atom. The van der Waals surface area contributed by atoms with E-state index in [1.807, 2.05) is 25.2 Å². The van der Waals surface area contributed by atoms with Gasteiger partial charge in [0.05, 0.1) is 0 Å². The largest absolute Gasteiger partial charge is 0.396 e. The zero-order valence-electron chi connectivity index (χ0n) is 8.03. The molecule has 13 heavy (non-hydrogen) atoms. The maximum atomic E-state index is 8.90. The number of likely N-dealkylation sites (N-methyl/N-ethyl adjacent to an activating group) is 1. The molecule has 2 heteroatoms. The Labute approximate surface area is 79.6 Å². The van der Waals surface area contributed by atoms with Gasteiger partial charge in [0.2, 0.25) is 0 Å². The summed E-state index contributed by atoms with van der Waals surface area (Å²) in [4.78, 5) is 0. The van der Waals surface area contributed by atoms with E-state index in [2.05, 4.69) is 17.4 Å². The molecule has 0 unspecified atom stereocenters. The minimum absolute atomic E-state index is 0.251. The molecule has 72 valence electrons. The van der Waals surface area contributed by atoms with Crippen LogP contribution in [0.5, 0.6) is 0 Å². The van der Waals surface area contributed by atoms with Gasteiger partial charge in [-0.2, -0.15) is 0 Å². The SMILES string of the molecule is CNC[C@H](CCO)c1ccccc1. The summed E-state index contributed by atoms with van der Waals surface area (Å²) >= 11 is 0. The van der Waals surface area contributed by atoms with Crippen molar-refractivity contribution in [3.63, 3.8) is 0 Å². The molecule has 0 radical (unpaired) electrons. The van der Waals surface area contributed by atoms with E-state index in [1.54, 1.807) is 0 Å². The number of hydrogen-bond acceptors (Lipinski definition) is 2. The molecule has 0 aliphatic carbocycles. The molecule has 0 spiro atoms. The van der Waals surface area contributed by atoms with Crippen molar-refractivity contribution >= 4 is 0 Å². The van der Waals surface area contributed by atoms with E-state index >= 15 is 0 Å². The highest BCUT2D eigenvalue weighted by molar-refractivity contribution is 5.19. The van der Waals surface area contributed by atoms with E-state index in [1.165, 1.54) is 5.56 Å². The Balaban J connectivity index is 2.64. The topological polar surface area (TPSA) is 32.3 Å². The minimum Gasteiger partial charge on any atom is -0.396 e. The fourth-order valence-electron chi connectivity index (χ4n) is 1.51. The number of rotatable bonds is 5. The molecular weight excluding hydrogens is 162 g/mol. The van der Waals surface area contributed by atoms with E-state index in [0.717, 1.165) is 13.0 Å². The number of aliphatic hydroxyl groups is 1. The van der Waals surface area contributed by atoms with Crippen LogP contribution < -0.4 is 5.32 Å². The molecule has 0 aromatic heterocycles. The zero-order valence-corrected chi connectivity index (χ0v) is 8.03. The predicted molar refractivity (Wildman–Crippen MR) is 54.8 cm³/mol. The van der Waals surface area contributed by atoms with Crippen molar-refractivity contribution in [3.8, 4) is 0 Å². The molecule has 0 bridgehead atoms. The van der Waals surface area contributed by atoms with Crippen LogP contribution in [0.15, 0.2) is 30.3 Å². The van der Waals surface area contributed by atoms with Crippen molar-refractivity contribution in [2.24, 2.45) is 0 Å². The van der Waals surface area contributed by atoms with Gasteiger partial charge in [0.25, 0.3) is 0 Å². The molecular formula is C11H17NO. The first-order chi connectivity index (χ1) is 6.38. The smallest absolute Gasteiger partial charge is 0.0437 e. The summed E-state index contributed by atoms with van der Waals surface area (Å²) in [6.07, 6.45) is 0.824. The maximum Gasteiger partial charge on any atom is 0.0437 e. The van der Waals surface area contributed by atoms with Crippen LogP contribution in [-0.2, 0) is 0 Å². The summed E-state index contributed by atoms with van der Waals surface area (Å²) in [7, 11) is 1.94. The van der Waals surface area contributed by atoms with Crippen molar-refractivity contribution in [2.45, 2.75) is 12.3 Å².